The fraction of sp³-hybridized carbons (Fsp3) is 0.625. The van der Waals surface area contributed by atoms with Crippen molar-refractivity contribution >= 4 is 12.6 Å². The van der Waals surface area contributed by atoms with Gasteiger partial charge in [-0.15, -0.1) is 0 Å². The molecular formula is C16H23BO3. The molecule has 3 nitrogen and oxygen atoms in total. The summed E-state index contributed by atoms with van der Waals surface area (Å²) in [6, 6.07) is 6.13. The first-order chi connectivity index (χ1) is 9.30. The van der Waals surface area contributed by atoms with Crippen LogP contribution < -0.4 is 10.2 Å². The molecule has 0 aromatic heterocycles. The lowest BCUT2D eigenvalue weighted by Crippen LogP contribution is -2.41. The lowest BCUT2D eigenvalue weighted by atomic mass is 9.75. The zero-order valence-corrected chi connectivity index (χ0v) is 13.0. The highest BCUT2D eigenvalue weighted by atomic mass is 16.7. The molecule has 2 aliphatic rings. The fourth-order valence-electron chi connectivity index (χ4n) is 2.38. The Morgan fingerprint density at radius 1 is 1.10 bits per heavy atom. The van der Waals surface area contributed by atoms with Crippen LogP contribution in [0.25, 0.3) is 0 Å². The molecule has 1 aliphatic heterocycles. The molecule has 1 saturated heterocycles. The van der Waals surface area contributed by atoms with Crippen LogP contribution in [-0.2, 0) is 9.31 Å². The maximum absolute atomic E-state index is 6.17. The first-order valence-electron chi connectivity index (χ1n) is 7.42. The van der Waals surface area contributed by atoms with E-state index in [0.717, 1.165) is 29.6 Å². The maximum Gasteiger partial charge on any atom is 0.498 e. The highest BCUT2D eigenvalue weighted by Gasteiger charge is 2.53. The molecule has 0 spiro atoms. The van der Waals surface area contributed by atoms with Crippen molar-refractivity contribution in [3.05, 3.63) is 23.8 Å². The molecular weight excluding hydrogens is 251 g/mol. The van der Waals surface area contributed by atoms with Gasteiger partial charge in [-0.1, -0.05) is 12.1 Å². The molecule has 1 aromatic carbocycles. The lowest BCUT2D eigenvalue weighted by Gasteiger charge is -2.32. The first kappa shape index (κ1) is 14.0. The Kier molecular flexibility index (Phi) is 3.14. The van der Waals surface area contributed by atoms with Gasteiger partial charge in [0, 0.05) is 5.46 Å². The minimum Gasteiger partial charge on any atom is -0.491 e. The van der Waals surface area contributed by atoms with Gasteiger partial charge in [-0.2, -0.15) is 0 Å². The van der Waals surface area contributed by atoms with Crippen LogP contribution in [0.15, 0.2) is 18.2 Å². The summed E-state index contributed by atoms with van der Waals surface area (Å²) in [7, 11) is -0.352. The molecule has 1 heterocycles. The highest BCUT2D eigenvalue weighted by Crippen LogP contribution is 2.38. The van der Waals surface area contributed by atoms with E-state index in [1.165, 1.54) is 0 Å². The van der Waals surface area contributed by atoms with Crippen LogP contribution in [-0.4, -0.2) is 24.4 Å². The molecule has 0 atom stereocenters. The van der Waals surface area contributed by atoms with Gasteiger partial charge in [0.2, 0.25) is 0 Å². The van der Waals surface area contributed by atoms with Gasteiger partial charge in [-0.3, -0.25) is 0 Å². The van der Waals surface area contributed by atoms with Gasteiger partial charge >= 0.3 is 7.12 Å². The van der Waals surface area contributed by atoms with Crippen LogP contribution in [0.4, 0.5) is 0 Å². The Hall–Kier alpha value is -0.995. The largest absolute Gasteiger partial charge is 0.498 e. The summed E-state index contributed by atoms with van der Waals surface area (Å²) < 4.78 is 18.4. The van der Waals surface area contributed by atoms with E-state index < -0.39 is 0 Å². The van der Waals surface area contributed by atoms with Crippen molar-refractivity contribution in [2.24, 2.45) is 0 Å². The molecule has 1 aromatic rings. The molecule has 1 saturated carbocycles. The Labute approximate surface area is 121 Å². The van der Waals surface area contributed by atoms with Crippen LogP contribution in [0.3, 0.4) is 0 Å². The van der Waals surface area contributed by atoms with Crippen molar-refractivity contribution in [3.63, 3.8) is 0 Å². The molecule has 0 unspecified atom stereocenters. The number of ether oxygens (including phenoxy) is 1. The van der Waals surface area contributed by atoms with Crippen LogP contribution in [0.1, 0.15) is 46.1 Å². The van der Waals surface area contributed by atoms with E-state index >= 15 is 0 Å². The van der Waals surface area contributed by atoms with E-state index in [9.17, 15) is 0 Å². The summed E-state index contributed by atoms with van der Waals surface area (Å²) in [6.45, 7) is 10.4. The van der Waals surface area contributed by atoms with Crippen molar-refractivity contribution in [1.82, 2.24) is 0 Å². The second-order valence-corrected chi connectivity index (χ2v) is 6.89. The van der Waals surface area contributed by atoms with Gasteiger partial charge in [-0.05, 0) is 59.1 Å². The third-order valence-corrected chi connectivity index (χ3v) is 4.59. The number of rotatable bonds is 3. The number of hydrogen-bond acceptors (Lipinski definition) is 3. The van der Waals surface area contributed by atoms with Gasteiger partial charge < -0.3 is 14.0 Å². The van der Waals surface area contributed by atoms with Crippen molar-refractivity contribution in [3.8, 4) is 5.75 Å². The maximum atomic E-state index is 6.17. The Morgan fingerprint density at radius 2 is 1.70 bits per heavy atom. The summed E-state index contributed by atoms with van der Waals surface area (Å²) in [6.07, 6.45) is 2.67. The van der Waals surface area contributed by atoms with Crippen molar-refractivity contribution in [1.29, 1.82) is 0 Å². The first-order valence-corrected chi connectivity index (χ1v) is 7.42. The van der Waals surface area contributed by atoms with Crippen LogP contribution in [0.5, 0.6) is 5.75 Å². The summed E-state index contributed by atoms with van der Waals surface area (Å²) >= 11 is 0. The zero-order valence-electron chi connectivity index (χ0n) is 13.0. The Balaban J connectivity index is 1.94. The topological polar surface area (TPSA) is 27.7 Å². The zero-order chi connectivity index (χ0) is 14.5. The average Bonchev–Trinajstić information content (AvgIpc) is 3.07. The third kappa shape index (κ3) is 2.36. The van der Waals surface area contributed by atoms with Crippen LogP contribution in [0, 0.1) is 6.92 Å². The van der Waals surface area contributed by atoms with Crippen LogP contribution in [0.2, 0.25) is 0 Å². The average molecular weight is 274 g/mol. The molecule has 108 valence electrons. The minimum absolute atomic E-state index is 0.323. The van der Waals surface area contributed by atoms with Crippen LogP contribution >= 0.6 is 0 Å². The second-order valence-electron chi connectivity index (χ2n) is 6.89. The molecule has 3 rings (SSSR count). The van der Waals surface area contributed by atoms with Crippen molar-refractivity contribution in [2.75, 3.05) is 0 Å². The molecule has 1 aliphatic carbocycles. The molecule has 20 heavy (non-hydrogen) atoms. The number of hydrogen-bond donors (Lipinski definition) is 0. The molecule has 0 amide bonds. The Morgan fingerprint density at radius 3 is 2.25 bits per heavy atom. The summed E-state index contributed by atoms with van der Waals surface area (Å²) in [5.41, 5.74) is 1.55. The molecule has 2 fully saturated rings. The quantitative estimate of drug-likeness (QED) is 0.793. The number of benzene rings is 1. The summed E-state index contributed by atoms with van der Waals surface area (Å²) in [4.78, 5) is 0. The SMILES string of the molecule is Cc1cccc(OC2CC2)c1B1OC(C)(C)C(C)(C)O1. The third-order valence-electron chi connectivity index (χ3n) is 4.59. The lowest BCUT2D eigenvalue weighted by molar-refractivity contribution is 0.00578. The van der Waals surface area contributed by atoms with E-state index in [1.807, 2.05) is 12.1 Å². The van der Waals surface area contributed by atoms with Gasteiger partial charge in [-0.25, -0.2) is 0 Å². The normalized spacial score (nSPS) is 23.9. The van der Waals surface area contributed by atoms with E-state index in [4.69, 9.17) is 14.0 Å². The van der Waals surface area contributed by atoms with E-state index in [1.54, 1.807) is 0 Å². The van der Waals surface area contributed by atoms with Crippen molar-refractivity contribution < 1.29 is 14.0 Å². The van der Waals surface area contributed by atoms with Crippen molar-refractivity contribution in [2.45, 2.75) is 64.8 Å². The second kappa shape index (κ2) is 4.50. The minimum atomic E-state index is -0.352. The molecule has 0 bridgehead atoms. The standard InChI is InChI=1S/C16H23BO3/c1-11-7-6-8-13(18-12-9-10-12)14(11)17-19-15(2,3)16(4,5)20-17/h6-8,12H,9-10H2,1-5H3. The highest BCUT2D eigenvalue weighted by molar-refractivity contribution is 6.63. The van der Waals surface area contributed by atoms with Gasteiger partial charge in [0.15, 0.2) is 0 Å². The summed E-state index contributed by atoms with van der Waals surface area (Å²) in [5.74, 6) is 0.908. The number of aryl methyl sites for hydroxylation is 1. The molecule has 4 heteroatoms. The van der Waals surface area contributed by atoms with Gasteiger partial charge in [0.25, 0.3) is 0 Å². The van der Waals surface area contributed by atoms with E-state index in [0.29, 0.717) is 6.10 Å². The predicted molar refractivity (Wildman–Crippen MR) is 80.5 cm³/mol. The Bertz CT molecular complexity index is 504. The van der Waals surface area contributed by atoms with E-state index in [2.05, 4.69) is 40.7 Å². The predicted octanol–water partition coefficient (Wildman–Crippen LogP) is 2.84. The fourth-order valence-corrected chi connectivity index (χ4v) is 2.38. The molecule has 0 radical (unpaired) electrons. The molecule has 0 N–H and O–H groups in total. The smallest absolute Gasteiger partial charge is 0.491 e. The van der Waals surface area contributed by atoms with Gasteiger partial charge in [0.05, 0.1) is 17.3 Å². The van der Waals surface area contributed by atoms with Gasteiger partial charge in [0.1, 0.15) is 5.75 Å². The monoisotopic (exact) mass is 274 g/mol. The van der Waals surface area contributed by atoms with E-state index in [-0.39, 0.29) is 18.3 Å². The summed E-state index contributed by atoms with van der Waals surface area (Å²) in [5, 5.41) is 0.